The first kappa shape index (κ1) is 15.9. The molecule has 114 valence electrons. The smallest absolute Gasteiger partial charge is 0.271 e. The molecule has 2 aromatic rings. The molecule has 1 aliphatic heterocycles. The Morgan fingerprint density at radius 2 is 2.29 bits per heavy atom. The monoisotopic (exact) mass is 328 g/mol. The van der Waals surface area contributed by atoms with Crippen molar-refractivity contribution in [2.45, 2.75) is 19.9 Å². The highest BCUT2D eigenvalue weighted by Gasteiger charge is 2.24. The van der Waals surface area contributed by atoms with Crippen LogP contribution in [0.4, 0.5) is 0 Å². The van der Waals surface area contributed by atoms with E-state index >= 15 is 0 Å². The van der Waals surface area contributed by atoms with E-state index in [-0.39, 0.29) is 35.5 Å². The summed E-state index contributed by atoms with van der Waals surface area (Å²) in [7, 11) is 0. The van der Waals surface area contributed by atoms with Crippen LogP contribution in [-0.2, 0) is 0 Å². The molecule has 21 heavy (non-hydrogen) atoms. The molecule has 6 nitrogen and oxygen atoms in total. The van der Waals surface area contributed by atoms with Gasteiger partial charge in [-0.25, -0.2) is 4.98 Å². The number of hydrogen-bond acceptors (Lipinski definition) is 5. The number of amides is 1. The van der Waals surface area contributed by atoms with Gasteiger partial charge in [0, 0.05) is 42.9 Å². The summed E-state index contributed by atoms with van der Waals surface area (Å²) in [6.45, 7) is 5.92. The highest BCUT2D eigenvalue weighted by molar-refractivity contribution is 7.16. The zero-order valence-electron chi connectivity index (χ0n) is 11.8. The van der Waals surface area contributed by atoms with E-state index in [1.807, 2.05) is 13.8 Å². The Morgan fingerprint density at radius 1 is 1.52 bits per heavy atom. The van der Waals surface area contributed by atoms with Gasteiger partial charge in [0.1, 0.15) is 5.56 Å². The van der Waals surface area contributed by atoms with Gasteiger partial charge in [-0.1, -0.05) is 0 Å². The Labute approximate surface area is 132 Å². The van der Waals surface area contributed by atoms with Gasteiger partial charge in [0.25, 0.3) is 11.5 Å². The largest absolute Gasteiger partial charge is 0.336 e. The van der Waals surface area contributed by atoms with Gasteiger partial charge in [0.2, 0.25) is 0 Å². The molecule has 3 heterocycles. The number of carbonyl (C=O) groups excluding carboxylic acids is 1. The van der Waals surface area contributed by atoms with Gasteiger partial charge < -0.3 is 10.2 Å². The standard InChI is InChI=1S/C13H16N4O2S.ClH/c1-8-6-16(4-3-14-8)11(18)10-5-15-13-17(12(10)19)7-9(2)20-13;/h5,7-8,14H,3-4,6H2,1-2H3;1H/t8-;/m1./s1. The lowest BCUT2D eigenvalue weighted by atomic mass is 10.2. The van der Waals surface area contributed by atoms with E-state index in [4.69, 9.17) is 0 Å². The molecular formula is C13H17ClN4O2S. The van der Waals surface area contributed by atoms with Gasteiger partial charge >= 0.3 is 0 Å². The summed E-state index contributed by atoms with van der Waals surface area (Å²) in [6.07, 6.45) is 3.13. The van der Waals surface area contributed by atoms with Crippen LogP contribution in [0, 0.1) is 6.92 Å². The van der Waals surface area contributed by atoms with Crippen molar-refractivity contribution in [3.63, 3.8) is 0 Å². The Hall–Kier alpha value is -1.44. The van der Waals surface area contributed by atoms with E-state index in [0.717, 1.165) is 11.4 Å². The molecule has 0 aromatic carbocycles. The Morgan fingerprint density at radius 3 is 3.00 bits per heavy atom. The molecule has 1 aliphatic rings. The second kappa shape index (κ2) is 6.13. The van der Waals surface area contributed by atoms with Crippen LogP contribution < -0.4 is 10.9 Å². The maximum Gasteiger partial charge on any atom is 0.271 e. The fourth-order valence-corrected chi connectivity index (χ4v) is 3.21. The number of aryl methyl sites for hydroxylation is 1. The summed E-state index contributed by atoms with van der Waals surface area (Å²) in [5, 5.41) is 3.27. The molecule has 0 spiro atoms. The summed E-state index contributed by atoms with van der Waals surface area (Å²) in [5.74, 6) is -0.228. The van der Waals surface area contributed by atoms with Crippen LogP contribution in [0.25, 0.3) is 4.96 Å². The van der Waals surface area contributed by atoms with Gasteiger partial charge in [-0.15, -0.1) is 23.7 Å². The Kier molecular flexibility index (Phi) is 4.65. The molecule has 3 rings (SSSR count). The van der Waals surface area contributed by atoms with E-state index in [2.05, 4.69) is 10.3 Å². The average Bonchev–Trinajstić information content (AvgIpc) is 2.80. The summed E-state index contributed by atoms with van der Waals surface area (Å²) < 4.78 is 1.46. The number of fused-ring (bicyclic) bond motifs is 1. The third-order valence-corrected chi connectivity index (χ3v) is 4.32. The normalized spacial score (nSPS) is 18.6. The third-order valence-electron chi connectivity index (χ3n) is 3.41. The zero-order valence-corrected chi connectivity index (χ0v) is 13.5. The number of nitrogens with one attached hydrogen (secondary N) is 1. The van der Waals surface area contributed by atoms with Crippen LogP contribution in [-0.4, -0.2) is 45.9 Å². The molecule has 1 N–H and O–H groups in total. The molecular weight excluding hydrogens is 312 g/mol. The molecule has 1 fully saturated rings. The fourth-order valence-electron chi connectivity index (χ4n) is 2.43. The molecule has 0 aliphatic carbocycles. The molecule has 2 aromatic heterocycles. The number of nitrogens with zero attached hydrogens (tertiary/aromatic N) is 3. The van der Waals surface area contributed by atoms with Gasteiger partial charge in [-0.05, 0) is 13.8 Å². The van der Waals surface area contributed by atoms with Crippen LogP contribution in [0.1, 0.15) is 22.2 Å². The van der Waals surface area contributed by atoms with Crippen molar-refractivity contribution in [2.75, 3.05) is 19.6 Å². The molecule has 0 bridgehead atoms. The average molecular weight is 329 g/mol. The van der Waals surface area contributed by atoms with E-state index in [1.165, 1.54) is 21.9 Å². The van der Waals surface area contributed by atoms with Crippen LogP contribution in [0.5, 0.6) is 0 Å². The number of hydrogen-bond donors (Lipinski definition) is 1. The van der Waals surface area contributed by atoms with E-state index < -0.39 is 0 Å². The third kappa shape index (κ3) is 2.95. The highest BCUT2D eigenvalue weighted by Crippen LogP contribution is 2.13. The number of aromatic nitrogens is 2. The van der Waals surface area contributed by atoms with Crippen LogP contribution >= 0.6 is 23.7 Å². The lowest BCUT2D eigenvalue weighted by Gasteiger charge is -2.31. The number of halogens is 1. The molecule has 0 unspecified atom stereocenters. The number of rotatable bonds is 1. The first-order valence-corrected chi connectivity index (χ1v) is 7.38. The van der Waals surface area contributed by atoms with Crippen molar-refractivity contribution in [3.8, 4) is 0 Å². The minimum Gasteiger partial charge on any atom is -0.336 e. The molecule has 1 amide bonds. The maximum absolute atomic E-state index is 12.5. The summed E-state index contributed by atoms with van der Waals surface area (Å²) in [6, 6.07) is 0.246. The second-order valence-corrected chi connectivity index (χ2v) is 6.29. The maximum atomic E-state index is 12.5. The van der Waals surface area contributed by atoms with Gasteiger partial charge in [0.15, 0.2) is 4.96 Å². The van der Waals surface area contributed by atoms with Crippen molar-refractivity contribution in [3.05, 3.63) is 33.2 Å². The first-order valence-electron chi connectivity index (χ1n) is 6.56. The highest BCUT2D eigenvalue weighted by atomic mass is 35.5. The van der Waals surface area contributed by atoms with Crippen molar-refractivity contribution < 1.29 is 4.79 Å². The lowest BCUT2D eigenvalue weighted by Crippen LogP contribution is -2.52. The molecule has 0 saturated carbocycles. The minimum atomic E-state index is -0.282. The van der Waals surface area contributed by atoms with Crippen molar-refractivity contribution in [1.29, 1.82) is 0 Å². The predicted octanol–water partition coefficient (Wildman–Crippen LogP) is 0.920. The SMILES string of the molecule is Cc1cn2c(=O)c(C(=O)N3CCN[C@H](C)C3)cnc2s1.Cl. The van der Waals surface area contributed by atoms with Crippen molar-refractivity contribution in [2.24, 2.45) is 0 Å². The number of carbonyl (C=O) groups is 1. The lowest BCUT2D eigenvalue weighted by molar-refractivity contribution is 0.0706. The topological polar surface area (TPSA) is 66.7 Å². The van der Waals surface area contributed by atoms with Crippen LogP contribution in [0.15, 0.2) is 17.2 Å². The van der Waals surface area contributed by atoms with Gasteiger partial charge in [-0.2, -0.15) is 0 Å². The predicted molar refractivity (Wildman–Crippen MR) is 84.7 cm³/mol. The second-order valence-electron chi connectivity index (χ2n) is 5.08. The number of piperazine rings is 1. The molecule has 1 atom stereocenters. The Balaban J connectivity index is 0.00000161. The zero-order chi connectivity index (χ0) is 14.3. The molecule has 0 radical (unpaired) electrons. The summed E-state index contributed by atoms with van der Waals surface area (Å²) in [5.41, 5.74) is -0.134. The Bertz CT molecular complexity index is 727. The summed E-state index contributed by atoms with van der Waals surface area (Å²) in [4.78, 5) is 32.4. The van der Waals surface area contributed by atoms with E-state index in [0.29, 0.717) is 18.1 Å². The minimum absolute atomic E-state index is 0. The van der Waals surface area contributed by atoms with Crippen LogP contribution in [0.2, 0.25) is 0 Å². The first-order chi connectivity index (χ1) is 9.56. The quantitative estimate of drug-likeness (QED) is 0.845. The number of thiazole rings is 1. The van der Waals surface area contributed by atoms with Gasteiger partial charge in [-0.3, -0.25) is 14.0 Å². The molecule has 8 heteroatoms. The fraction of sp³-hybridized carbons (Fsp3) is 0.462. The molecule has 1 saturated heterocycles. The van der Waals surface area contributed by atoms with Crippen molar-refractivity contribution >= 4 is 34.6 Å². The van der Waals surface area contributed by atoms with E-state index in [1.54, 1.807) is 11.1 Å². The summed E-state index contributed by atoms with van der Waals surface area (Å²) >= 11 is 1.44. The van der Waals surface area contributed by atoms with Gasteiger partial charge in [0.05, 0.1) is 0 Å². The van der Waals surface area contributed by atoms with Crippen molar-refractivity contribution in [1.82, 2.24) is 19.6 Å². The van der Waals surface area contributed by atoms with E-state index in [9.17, 15) is 9.59 Å². The van der Waals surface area contributed by atoms with Crippen LogP contribution in [0.3, 0.4) is 0 Å².